The maximum absolute atomic E-state index is 13.1. The fraction of sp³-hybridized carbons (Fsp3) is 0. The van der Waals surface area contributed by atoms with Crippen molar-refractivity contribution < 1.29 is 8.91 Å². The molecule has 1 heterocycles. The minimum atomic E-state index is -0.398. The average Bonchev–Trinajstić information content (AvgIpc) is 2.46. The number of benzene rings is 1. The molecule has 0 saturated carbocycles. The fourth-order valence-electron chi connectivity index (χ4n) is 1.16. The molecule has 2 aromatic rings. The molecule has 1 aromatic heterocycles. The number of halogens is 3. The van der Waals surface area contributed by atoms with E-state index in [-0.39, 0.29) is 16.6 Å². The zero-order valence-electron chi connectivity index (χ0n) is 7.30. The van der Waals surface area contributed by atoms with E-state index in [1.54, 1.807) is 6.07 Å². The van der Waals surface area contributed by atoms with Crippen molar-refractivity contribution in [2.75, 3.05) is 5.73 Å². The van der Waals surface area contributed by atoms with Gasteiger partial charge in [0, 0.05) is 10.0 Å². The lowest BCUT2D eigenvalue weighted by molar-refractivity contribution is 0.435. The van der Waals surface area contributed by atoms with Crippen LogP contribution in [0.2, 0.25) is 5.02 Å². The van der Waals surface area contributed by atoms with Crippen LogP contribution in [0.15, 0.2) is 27.2 Å². The predicted molar refractivity (Wildman–Crippen MR) is 59.0 cm³/mol. The van der Waals surface area contributed by atoms with Gasteiger partial charge in [-0.2, -0.15) is 0 Å². The summed E-state index contributed by atoms with van der Waals surface area (Å²) in [6, 6.07) is 4.28. The van der Waals surface area contributed by atoms with Gasteiger partial charge in [0.25, 0.3) is 0 Å². The Morgan fingerprint density at radius 2 is 2.13 bits per heavy atom. The zero-order valence-corrected chi connectivity index (χ0v) is 9.64. The molecule has 0 radical (unpaired) electrons. The molecule has 78 valence electrons. The van der Waals surface area contributed by atoms with Crippen molar-refractivity contribution >= 4 is 33.3 Å². The number of nitrogen functional groups attached to an aromatic ring is 1. The first-order valence-electron chi connectivity index (χ1n) is 3.95. The molecule has 0 saturated heterocycles. The van der Waals surface area contributed by atoms with Crippen molar-refractivity contribution in [3.63, 3.8) is 0 Å². The number of hydrogen-bond donors (Lipinski definition) is 1. The summed E-state index contributed by atoms with van der Waals surface area (Å²) in [6.07, 6.45) is 0. The third-order valence-corrected chi connectivity index (χ3v) is 2.61. The van der Waals surface area contributed by atoms with Crippen LogP contribution in [-0.2, 0) is 0 Å². The molecule has 0 aliphatic heterocycles. The van der Waals surface area contributed by atoms with Crippen LogP contribution in [-0.4, -0.2) is 5.16 Å². The second-order valence-electron chi connectivity index (χ2n) is 2.87. The van der Waals surface area contributed by atoms with Crippen molar-refractivity contribution in [3.05, 3.63) is 33.5 Å². The Labute approximate surface area is 98.1 Å². The summed E-state index contributed by atoms with van der Waals surface area (Å²) in [7, 11) is 0. The number of anilines is 1. The lowest BCUT2D eigenvalue weighted by Gasteiger charge is -1.98. The molecule has 2 rings (SSSR count). The van der Waals surface area contributed by atoms with Crippen LogP contribution in [0.1, 0.15) is 0 Å². The van der Waals surface area contributed by atoms with Gasteiger partial charge in [-0.05, 0) is 18.2 Å². The Balaban J connectivity index is 2.58. The highest BCUT2D eigenvalue weighted by atomic mass is 79.9. The Bertz CT molecular complexity index is 495. The van der Waals surface area contributed by atoms with E-state index in [4.69, 9.17) is 21.9 Å². The second kappa shape index (κ2) is 3.83. The van der Waals surface area contributed by atoms with Gasteiger partial charge in [0.15, 0.2) is 11.6 Å². The van der Waals surface area contributed by atoms with Gasteiger partial charge in [0.2, 0.25) is 0 Å². The van der Waals surface area contributed by atoms with E-state index >= 15 is 0 Å². The molecule has 0 bridgehead atoms. The molecule has 2 N–H and O–H groups in total. The summed E-state index contributed by atoms with van der Waals surface area (Å²) in [4.78, 5) is 0. The number of rotatable bonds is 1. The molecular formula is C9H5BrClFN2O. The first kappa shape index (κ1) is 10.4. The van der Waals surface area contributed by atoms with Gasteiger partial charge in [-0.25, -0.2) is 4.39 Å². The molecule has 0 aliphatic rings. The van der Waals surface area contributed by atoms with Crippen LogP contribution in [0.5, 0.6) is 0 Å². The molecule has 0 aliphatic carbocycles. The van der Waals surface area contributed by atoms with Crippen molar-refractivity contribution in [2.24, 2.45) is 0 Å². The van der Waals surface area contributed by atoms with Gasteiger partial charge in [-0.3, -0.25) is 0 Å². The Morgan fingerprint density at radius 3 is 2.67 bits per heavy atom. The van der Waals surface area contributed by atoms with E-state index in [0.717, 1.165) is 0 Å². The topological polar surface area (TPSA) is 52.0 Å². The minimum Gasteiger partial charge on any atom is -0.380 e. The second-order valence-corrected chi connectivity index (χ2v) is 4.16. The van der Waals surface area contributed by atoms with E-state index in [2.05, 4.69) is 21.1 Å². The fourth-order valence-corrected chi connectivity index (χ4v) is 1.80. The quantitative estimate of drug-likeness (QED) is 0.875. The molecule has 6 heteroatoms. The van der Waals surface area contributed by atoms with Gasteiger partial charge < -0.3 is 10.3 Å². The van der Waals surface area contributed by atoms with Crippen molar-refractivity contribution in [3.8, 4) is 11.3 Å². The van der Waals surface area contributed by atoms with Crippen molar-refractivity contribution in [1.82, 2.24) is 5.16 Å². The van der Waals surface area contributed by atoms with Crippen LogP contribution in [0, 0.1) is 5.82 Å². The van der Waals surface area contributed by atoms with Gasteiger partial charge in [0.05, 0.1) is 0 Å². The maximum Gasteiger partial charge on any atom is 0.187 e. The molecule has 15 heavy (non-hydrogen) atoms. The SMILES string of the molecule is Nc1noc(-c2cc(F)cc(Br)c2)c1Cl. The molecular weight excluding hydrogens is 286 g/mol. The lowest BCUT2D eigenvalue weighted by atomic mass is 10.2. The van der Waals surface area contributed by atoms with Crippen molar-refractivity contribution in [2.45, 2.75) is 0 Å². The van der Waals surface area contributed by atoms with E-state index in [1.807, 2.05) is 0 Å². The zero-order chi connectivity index (χ0) is 11.0. The molecule has 0 fully saturated rings. The molecule has 0 atom stereocenters. The molecule has 0 amide bonds. The third-order valence-electron chi connectivity index (χ3n) is 1.78. The summed E-state index contributed by atoms with van der Waals surface area (Å²) in [5.41, 5.74) is 5.89. The van der Waals surface area contributed by atoms with Crippen LogP contribution >= 0.6 is 27.5 Å². The van der Waals surface area contributed by atoms with Gasteiger partial charge in [-0.15, -0.1) is 0 Å². The first-order valence-corrected chi connectivity index (χ1v) is 5.12. The van der Waals surface area contributed by atoms with E-state index in [1.165, 1.54) is 12.1 Å². The van der Waals surface area contributed by atoms with Gasteiger partial charge in [-0.1, -0.05) is 32.7 Å². The molecule has 1 aromatic carbocycles. The number of hydrogen-bond acceptors (Lipinski definition) is 3. The Kier molecular flexibility index (Phi) is 2.67. The summed E-state index contributed by atoms with van der Waals surface area (Å²) in [6.45, 7) is 0. The van der Waals surface area contributed by atoms with Crippen LogP contribution < -0.4 is 5.73 Å². The summed E-state index contributed by atoms with van der Waals surface area (Å²) in [5, 5.41) is 3.67. The van der Waals surface area contributed by atoms with E-state index in [0.29, 0.717) is 10.0 Å². The monoisotopic (exact) mass is 290 g/mol. The minimum absolute atomic E-state index is 0.0899. The van der Waals surface area contributed by atoms with Crippen molar-refractivity contribution in [1.29, 1.82) is 0 Å². The van der Waals surface area contributed by atoms with Crippen LogP contribution in [0.25, 0.3) is 11.3 Å². The molecule has 0 unspecified atom stereocenters. The highest BCUT2D eigenvalue weighted by molar-refractivity contribution is 9.10. The summed E-state index contributed by atoms with van der Waals surface area (Å²) < 4.78 is 18.6. The lowest BCUT2D eigenvalue weighted by Crippen LogP contribution is -1.83. The number of nitrogens with two attached hydrogens (primary N) is 1. The predicted octanol–water partition coefficient (Wildman–Crippen LogP) is 3.48. The highest BCUT2D eigenvalue weighted by Crippen LogP contribution is 2.33. The normalized spacial score (nSPS) is 10.6. The largest absolute Gasteiger partial charge is 0.380 e. The van der Waals surface area contributed by atoms with Crippen LogP contribution in [0.3, 0.4) is 0 Å². The Hall–Kier alpha value is -1.07. The van der Waals surface area contributed by atoms with Gasteiger partial charge in [0.1, 0.15) is 10.8 Å². The molecule has 3 nitrogen and oxygen atoms in total. The maximum atomic E-state index is 13.1. The third kappa shape index (κ3) is 1.98. The van der Waals surface area contributed by atoms with E-state index in [9.17, 15) is 4.39 Å². The van der Waals surface area contributed by atoms with E-state index < -0.39 is 5.82 Å². The molecule has 0 spiro atoms. The smallest absolute Gasteiger partial charge is 0.187 e. The van der Waals surface area contributed by atoms with Crippen LogP contribution in [0.4, 0.5) is 10.2 Å². The summed E-state index contributed by atoms with van der Waals surface area (Å²) >= 11 is 8.99. The number of aromatic nitrogens is 1. The number of nitrogens with zero attached hydrogens (tertiary/aromatic N) is 1. The summed E-state index contributed by atoms with van der Waals surface area (Å²) in [5.74, 6) is -0.0492. The van der Waals surface area contributed by atoms with Gasteiger partial charge >= 0.3 is 0 Å². The highest BCUT2D eigenvalue weighted by Gasteiger charge is 2.14. The Morgan fingerprint density at radius 1 is 1.40 bits per heavy atom. The standard InChI is InChI=1S/C9H5BrClFN2O/c10-5-1-4(2-6(12)3-5)8-7(11)9(13)14-15-8/h1-3H,(H2,13,14). The average molecular weight is 292 g/mol. The first-order chi connectivity index (χ1) is 7.08.